The topological polar surface area (TPSA) is 31.2 Å². The third-order valence-electron chi connectivity index (χ3n) is 4.30. The van der Waals surface area contributed by atoms with Gasteiger partial charge in [-0.05, 0) is 42.2 Å². The number of carbonyl (C=O) groups excluding carboxylic acids is 1. The van der Waals surface area contributed by atoms with Gasteiger partial charge >= 0.3 is 5.97 Å². The molecule has 0 atom stereocenters. The highest BCUT2D eigenvalue weighted by molar-refractivity contribution is 5.87. The molecule has 3 nitrogen and oxygen atoms in total. The van der Waals surface area contributed by atoms with Crippen molar-refractivity contribution in [2.45, 2.75) is 19.8 Å². The molecule has 0 bridgehead atoms. The number of esters is 1. The number of fused-ring (bicyclic) bond motifs is 1. The zero-order valence-electron chi connectivity index (χ0n) is 13.8. The first kappa shape index (κ1) is 15.3. The van der Waals surface area contributed by atoms with Gasteiger partial charge in [-0.1, -0.05) is 36.4 Å². The Balaban J connectivity index is 1.87. The molecule has 1 aromatic heterocycles. The molecule has 0 N–H and O–H groups in total. The monoisotopic (exact) mass is 307 g/mol. The SMILES string of the molecule is COC(=O)CCc1ccc(-c2cc3ccc(C)cc3n2C)cc1. The highest BCUT2D eigenvalue weighted by atomic mass is 16.5. The van der Waals surface area contributed by atoms with E-state index in [1.54, 1.807) is 0 Å². The zero-order valence-corrected chi connectivity index (χ0v) is 13.8. The van der Waals surface area contributed by atoms with Gasteiger partial charge in [-0.2, -0.15) is 0 Å². The second-order valence-corrected chi connectivity index (χ2v) is 5.92. The van der Waals surface area contributed by atoms with E-state index in [0.717, 1.165) is 5.56 Å². The van der Waals surface area contributed by atoms with Crippen LogP contribution in [-0.2, 0) is 23.0 Å². The van der Waals surface area contributed by atoms with Crippen molar-refractivity contribution in [2.75, 3.05) is 7.11 Å². The number of nitrogens with zero attached hydrogens (tertiary/aromatic N) is 1. The number of benzene rings is 2. The Hall–Kier alpha value is -2.55. The van der Waals surface area contributed by atoms with Crippen LogP contribution in [0.3, 0.4) is 0 Å². The third kappa shape index (κ3) is 3.14. The lowest BCUT2D eigenvalue weighted by molar-refractivity contribution is -0.140. The summed E-state index contributed by atoms with van der Waals surface area (Å²) in [6.07, 6.45) is 1.13. The molecule has 0 spiro atoms. The summed E-state index contributed by atoms with van der Waals surface area (Å²) in [5.74, 6) is -0.168. The van der Waals surface area contributed by atoms with Crippen molar-refractivity contribution in [3.05, 3.63) is 59.7 Å². The molecule has 3 rings (SSSR count). The molecule has 2 aromatic carbocycles. The van der Waals surface area contributed by atoms with Gasteiger partial charge in [-0.3, -0.25) is 4.79 Å². The number of hydrogen-bond acceptors (Lipinski definition) is 2. The molecule has 23 heavy (non-hydrogen) atoms. The average Bonchev–Trinajstić information content (AvgIpc) is 2.89. The zero-order chi connectivity index (χ0) is 16.4. The van der Waals surface area contributed by atoms with Crippen LogP contribution in [0.15, 0.2) is 48.5 Å². The first-order valence-corrected chi connectivity index (χ1v) is 7.80. The van der Waals surface area contributed by atoms with Gasteiger partial charge in [0.25, 0.3) is 0 Å². The molecule has 0 aliphatic rings. The molecule has 3 aromatic rings. The van der Waals surface area contributed by atoms with Crippen molar-refractivity contribution >= 4 is 16.9 Å². The Bertz CT molecular complexity index is 844. The minimum atomic E-state index is -0.168. The number of rotatable bonds is 4. The van der Waals surface area contributed by atoms with Crippen LogP contribution < -0.4 is 0 Å². The second-order valence-electron chi connectivity index (χ2n) is 5.92. The van der Waals surface area contributed by atoms with Crippen LogP contribution in [0, 0.1) is 6.92 Å². The second kappa shape index (κ2) is 6.29. The van der Waals surface area contributed by atoms with E-state index in [4.69, 9.17) is 0 Å². The number of hydrogen-bond donors (Lipinski definition) is 0. The fourth-order valence-electron chi connectivity index (χ4n) is 2.91. The van der Waals surface area contributed by atoms with Gasteiger partial charge in [0.15, 0.2) is 0 Å². The minimum absolute atomic E-state index is 0.168. The molecule has 0 aliphatic heterocycles. The minimum Gasteiger partial charge on any atom is -0.469 e. The Morgan fingerprint density at radius 3 is 2.52 bits per heavy atom. The number of aromatic nitrogens is 1. The number of methoxy groups -OCH3 is 1. The van der Waals surface area contributed by atoms with E-state index < -0.39 is 0 Å². The average molecular weight is 307 g/mol. The van der Waals surface area contributed by atoms with Crippen molar-refractivity contribution in [3.63, 3.8) is 0 Å². The van der Waals surface area contributed by atoms with Crippen LogP contribution in [-0.4, -0.2) is 17.6 Å². The Labute approximate surface area is 136 Å². The molecule has 1 heterocycles. The maximum absolute atomic E-state index is 11.2. The summed E-state index contributed by atoms with van der Waals surface area (Å²) in [6.45, 7) is 2.11. The standard InChI is InChI=1S/C20H21NO2/c1-14-4-8-17-13-19(21(2)18(17)12-14)16-9-5-15(6-10-16)7-11-20(22)23-3/h4-6,8-10,12-13H,7,11H2,1-3H3. The Morgan fingerprint density at radius 1 is 1.09 bits per heavy atom. The normalized spacial score (nSPS) is 10.9. The lowest BCUT2D eigenvalue weighted by Crippen LogP contribution is -2.01. The molecule has 0 saturated heterocycles. The molecule has 3 heteroatoms. The van der Waals surface area contributed by atoms with Gasteiger partial charge < -0.3 is 9.30 Å². The van der Waals surface area contributed by atoms with E-state index in [1.165, 1.54) is 34.8 Å². The molecule has 0 amide bonds. The van der Waals surface area contributed by atoms with Gasteiger partial charge in [0, 0.05) is 30.1 Å². The van der Waals surface area contributed by atoms with Crippen LogP contribution in [0.2, 0.25) is 0 Å². The van der Waals surface area contributed by atoms with Crippen molar-refractivity contribution in [1.82, 2.24) is 4.57 Å². The van der Waals surface area contributed by atoms with Crippen LogP contribution in [0.4, 0.5) is 0 Å². The maximum atomic E-state index is 11.2. The molecular formula is C20H21NO2. The number of ether oxygens (including phenoxy) is 1. The molecule has 0 aliphatic carbocycles. The Kier molecular flexibility index (Phi) is 4.20. The summed E-state index contributed by atoms with van der Waals surface area (Å²) in [6, 6.07) is 17.1. The number of aryl methyl sites for hydroxylation is 3. The van der Waals surface area contributed by atoms with E-state index in [1.807, 2.05) is 0 Å². The van der Waals surface area contributed by atoms with Gasteiger partial charge in [-0.25, -0.2) is 0 Å². The summed E-state index contributed by atoms with van der Waals surface area (Å²) in [5.41, 5.74) is 6.04. The highest BCUT2D eigenvalue weighted by Crippen LogP contribution is 2.28. The fraction of sp³-hybridized carbons (Fsp3) is 0.250. The first-order valence-electron chi connectivity index (χ1n) is 7.80. The predicted octanol–water partition coefficient (Wildman–Crippen LogP) is 4.26. The summed E-state index contributed by atoms with van der Waals surface area (Å²) < 4.78 is 6.91. The van der Waals surface area contributed by atoms with Crippen LogP contribution in [0.1, 0.15) is 17.5 Å². The lowest BCUT2D eigenvalue weighted by atomic mass is 10.1. The van der Waals surface area contributed by atoms with E-state index >= 15 is 0 Å². The molecule has 0 fully saturated rings. The smallest absolute Gasteiger partial charge is 0.305 e. The van der Waals surface area contributed by atoms with Crippen molar-refractivity contribution < 1.29 is 9.53 Å². The van der Waals surface area contributed by atoms with Crippen LogP contribution in [0.5, 0.6) is 0 Å². The van der Waals surface area contributed by atoms with Crippen molar-refractivity contribution in [2.24, 2.45) is 7.05 Å². The largest absolute Gasteiger partial charge is 0.469 e. The summed E-state index contributed by atoms with van der Waals surface area (Å²) in [4.78, 5) is 11.2. The predicted molar refractivity (Wildman–Crippen MR) is 93.4 cm³/mol. The van der Waals surface area contributed by atoms with Crippen LogP contribution >= 0.6 is 0 Å². The van der Waals surface area contributed by atoms with E-state index in [-0.39, 0.29) is 5.97 Å². The quantitative estimate of drug-likeness (QED) is 0.674. The van der Waals surface area contributed by atoms with Gasteiger partial charge in [0.05, 0.1) is 7.11 Å². The summed E-state index contributed by atoms with van der Waals surface area (Å²) in [5, 5.41) is 1.25. The van der Waals surface area contributed by atoms with E-state index in [0.29, 0.717) is 12.8 Å². The number of carbonyl (C=O) groups is 1. The Morgan fingerprint density at radius 2 is 1.83 bits per heavy atom. The van der Waals surface area contributed by atoms with Crippen LogP contribution in [0.25, 0.3) is 22.2 Å². The molecular weight excluding hydrogens is 286 g/mol. The van der Waals surface area contributed by atoms with Crippen molar-refractivity contribution in [3.8, 4) is 11.3 Å². The first-order chi connectivity index (χ1) is 11.1. The highest BCUT2D eigenvalue weighted by Gasteiger charge is 2.08. The van der Waals surface area contributed by atoms with Crippen molar-refractivity contribution in [1.29, 1.82) is 0 Å². The van der Waals surface area contributed by atoms with Gasteiger partial charge in [0.1, 0.15) is 0 Å². The molecule has 0 radical (unpaired) electrons. The van der Waals surface area contributed by atoms with Gasteiger partial charge in [-0.15, -0.1) is 0 Å². The molecule has 0 unspecified atom stereocenters. The summed E-state index contributed by atoms with van der Waals surface area (Å²) in [7, 11) is 3.52. The molecule has 118 valence electrons. The van der Waals surface area contributed by atoms with E-state index in [9.17, 15) is 4.79 Å². The van der Waals surface area contributed by atoms with Gasteiger partial charge in [0.2, 0.25) is 0 Å². The van der Waals surface area contributed by atoms with E-state index in [2.05, 4.69) is 71.8 Å². The summed E-state index contributed by atoms with van der Waals surface area (Å²) >= 11 is 0. The third-order valence-corrected chi connectivity index (χ3v) is 4.30. The lowest BCUT2D eigenvalue weighted by Gasteiger charge is -2.06. The fourth-order valence-corrected chi connectivity index (χ4v) is 2.91. The molecule has 0 saturated carbocycles. The maximum Gasteiger partial charge on any atom is 0.305 e.